The summed E-state index contributed by atoms with van der Waals surface area (Å²) in [6, 6.07) is 5.90. The van der Waals surface area contributed by atoms with E-state index in [1.54, 1.807) is 0 Å². The predicted octanol–water partition coefficient (Wildman–Crippen LogP) is 2.41. The highest BCUT2D eigenvalue weighted by Gasteiger charge is 2.34. The molecule has 26 heavy (non-hydrogen) atoms. The van der Waals surface area contributed by atoms with Gasteiger partial charge in [0.15, 0.2) is 0 Å². The van der Waals surface area contributed by atoms with Crippen LogP contribution in [-0.2, 0) is 20.8 Å². The third kappa shape index (κ3) is 4.68. The van der Waals surface area contributed by atoms with E-state index in [1.807, 2.05) is 32.9 Å². The van der Waals surface area contributed by atoms with Crippen molar-refractivity contribution >= 4 is 17.3 Å². The summed E-state index contributed by atoms with van der Waals surface area (Å²) in [6.45, 7) is 10.6. The second-order valence-corrected chi connectivity index (χ2v) is 8.15. The van der Waals surface area contributed by atoms with E-state index in [-0.39, 0.29) is 12.0 Å². The number of hydrogen-bond acceptors (Lipinski definition) is 6. The van der Waals surface area contributed by atoms with Gasteiger partial charge in [0.2, 0.25) is 0 Å². The van der Waals surface area contributed by atoms with Gasteiger partial charge in [-0.15, -0.1) is 0 Å². The van der Waals surface area contributed by atoms with Crippen molar-refractivity contribution in [1.29, 1.82) is 0 Å². The number of hydrogen-bond donors (Lipinski definition) is 1. The molecule has 0 amide bonds. The van der Waals surface area contributed by atoms with Gasteiger partial charge in [-0.2, -0.15) is 0 Å². The molecule has 6 nitrogen and oxygen atoms in total. The third-order valence-corrected chi connectivity index (χ3v) is 4.87. The number of ether oxygens (including phenoxy) is 2. The fourth-order valence-corrected chi connectivity index (χ4v) is 3.72. The van der Waals surface area contributed by atoms with Crippen LogP contribution in [0, 0.1) is 0 Å². The topological polar surface area (TPSA) is 68.0 Å². The maximum absolute atomic E-state index is 12.6. The smallest absolute Gasteiger partial charge is 0.323 e. The van der Waals surface area contributed by atoms with Crippen molar-refractivity contribution in [1.82, 2.24) is 4.90 Å². The largest absolute Gasteiger partial charge is 0.459 e. The van der Waals surface area contributed by atoms with Crippen LogP contribution in [0.4, 0.5) is 11.4 Å². The van der Waals surface area contributed by atoms with Crippen molar-refractivity contribution in [2.24, 2.45) is 0 Å². The number of benzene rings is 1. The van der Waals surface area contributed by atoms with Gasteiger partial charge in [-0.3, -0.25) is 9.69 Å². The van der Waals surface area contributed by atoms with Crippen LogP contribution in [0.1, 0.15) is 39.2 Å². The Balaban J connectivity index is 1.76. The van der Waals surface area contributed by atoms with Crippen molar-refractivity contribution < 1.29 is 14.3 Å². The summed E-state index contributed by atoms with van der Waals surface area (Å²) in [7, 11) is 0. The van der Waals surface area contributed by atoms with Crippen LogP contribution in [0.25, 0.3) is 0 Å². The highest BCUT2D eigenvalue weighted by atomic mass is 16.6. The number of nitrogens with two attached hydrogens (primary N) is 1. The van der Waals surface area contributed by atoms with E-state index < -0.39 is 5.60 Å². The van der Waals surface area contributed by atoms with Crippen LogP contribution >= 0.6 is 0 Å². The summed E-state index contributed by atoms with van der Waals surface area (Å²) in [5, 5.41) is 0. The van der Waals surface area contributed by atoms with Crippen molar-refractivity contribution in [2.45, 2.75) is 51.8 Å². The minimum Gasteiger partial charge on any atom is -0.459 e. The first-order chi connectivity index (χ1) is 12.3. The molecule has 0 radical (unpaired) electrons. The molecular weight excluding hydrogens is 330 g/mol. The monoisotopic (exact) mass is 361 g/mol. The first kappa shape index (κ1) is 19.0. The van der Waals surface area contributed by atoms with Crippen molar-refractivity contribution in [3.63, 3.8) is 0 Å². The molecule has 1 unspecified atom stereocenters. The first-order valence-electron chi connectivity index (χ1n) is 9.51. The van der Waals surface area contributed by atoms with E-state index in [0.717, 1.165) is 51.4 Å². The first-order valence-corrected chi connectivity index (χ1v) is 9.51. The van der Waals surface area contributed by atoms with Gasteiger partial charge in [0.25, 0.3) is 0 Å². The summed E-state index contributed by atoms with van der Waals surface area (Å²) in [5.41, 5.74) is 8.71. The zero-order valence-corrected chi connectivity index (χ0v) is 16.2. The molecule has 3 rings (SSSR count). The highest BCUT2D eigenvalue weighted by molar-refractivity contribution is 5.76. The molecule has 1 aromatic rings. The van der Waals surface area contributed by atoms with Crippen molar-refractivity contribution in [3.8, 4) is 0 Å². The number of nitrogen functional groups attached to an aromatic ring is 1. The fraction of sp³-hybridized carbons (Fsp3) is 0.650. The second-order valence-electron chi connectivity index (χ2n) is 8.15. The number of rotatable bonds is 4. The van der Waals surface area contributed by atoms with Gasteiger partial charge >= 0.3 is 5.97 Å². The maximum atomic E-state index is 12.6. The van der Waals surface area contributed by atoms with E-state index >= 15 is 0 Å². The molecule has 2 fully saturated rings. The van der Waals surface area contributed by atoms with Gasteiger partial charge in [-0.05, 0) is 63.9 Å². The normalized spacial score (nSPS) is 21.8. The Morgan fingerprint density at radius 2 is 2.00 bits per heavy atom. The van der Waals surface area contributed by atoms with Crippen LogP contribution in [-0.4, -0.2) is 55.4 Å². The number of carbonyl (C=O) groups excluding carboxylic acids is 1. The Hall–Kier alpha value is -1.79. The van der Waals surface area contributed by atoms with Gasteiger partial charge in [0.05, 0.1) is 13.2 Å². The minimum atomic E-state index is -0.457. The van der Waals surface area contributed by atoms with Crippen LogP contribution < -0.4 is 10.6 Å². The Morgan fingerprint density at radius 1 is 1.27 bits per heavy atom. The zero-order chi connectivity index (χ0) is 18.7. The summed E-state index contributed by atoms with van der Waals surface area (Å²) in [4.78, 5) is 17.2. The molecule has 0 aromatic heterocycles. The van der Waals surface area contributed by atoms with E-state index in [4.69, 9.17) is 15.2 Å². The molecular formula is C20H31N3O3. The zero-order valence-electron chi connectivity index (χ0n) is 16.2. The highest BCUT2D eigenvalue weighted by Crippen LogP contribution is 2.29. The van der Waals surface area contributed by atoms with Gasteiger partial charge in [0, 0.05) is 31.0 Å². The van der Waals surface area contributed by atoms with E-state index in [9.17, 15) is 4.79 Å². The molecule has 144 valence electrons. The third-order valence-electron chi connectivity index (χ3n) is 4.87. The molecule has 2 aliphatic heterocycles. The van der Waals surface area contributed by atoms with Crippen LogP contribution in [0.5, 0.6) is 0 Å². The summed E-state index contributed by atoms with van der Waals surface area (Å²) in [6.07, 6.45) is 1.86. The minimum absolute atomic E-state index is 0.119. The van der Waals surface area contributed by atoms with Crippen LogP contribution in [0.15, 0.2) is 18.2 Å². The van der Waals surface area contributed by atoms with Crippen molar-refractivity contribution in [2.75, 3.05) is 43.5 Å². The quantitative estimate of drug-likeness (QED) is 0.656. The standard InChI is InChI=1S/C20H31N3O3/c1-20(2,3)26-19(24)18-5-4-8-23(18)14-15-13-16(21)6-7-17(15)22-9-11-25-12-10-22/h6-7,13,18H,4-5,8-12,14,21H2,1-3H3. The Bertz CT molecular complexity index is 636. The molecule has 2 aliphatic rings. The lowest BCUT2D eigenvalue weighted by atomic mass is 10.1. The lowest BCUT2D eigenvalue weighted by molar-refractivity contribution is -0.160. The maximum Gasteiger partial charge on any atom is 0.323 e. The number of likely N-dealkylation sites (tertiary alicyclic amines) is 1. The number of esters is 1. The molecule has 0 bridgehead atoms. The Kier molecular flexibility index (Phi) is 5.73. The van der Waals surface area contributed by atoms with Gasteiger partial charge in [-0.1, -0.05) is 0 Å². The second kappa shape index (κ2) is 7.84. The van der Waals surface area contributed by atoms with E-state index in [0.29, 0.717) is 6.54 Å². The Labute approximate surface area is 156 Å². The molecule has 0 spiro atoms. The summed E-state index contributed by atoms with van der Waals surface area (Å²) < 4.78 is 11.1. The molecule has 2 heterocycles. The van der Waals surface area contributed by atoms with Gasteiger partial charge < -0.3 is 20.1 Å². The SMILES string of the molecule is CC(C)(C)OC(=O)C1CCCN1Cc1cc(N)ccc1N1CCOCC1. The van der Waals surface area contributed by atoms with Crippen LogP contribution in [0.3, 0.4) is 0 Å². The van der Waals surface area contributed by atoms with E-state index in [2.05, 4.69) is 15.9 Å². The molecule has 1 atom stereocenters. The van der Waals surface area contributed by atoms with Gasteiger partial charge in [-0.25, -0.2) is 0 Å². The number of carbonyl (C=O) groups is 1. The Morgan fingerprint density at radius 3 is 2.69 bits per heavy atom. The fourth-order valence-electron chi connectivity index (χ4n) is 3.72. The van der Waals surface area contributed by atoms with Crippen LogP contribution in [0.2, 0.25) is 0 Å². The molecule has 1 aromatic carbocycles. The van der Waals surface area contributed by atoms with E-state index in [1.165, 1.54) is 11.3 Å². The number of morpholine rings is 1. The predicted molar refractivity (Wildman–Crippen MR) is 103 cm³/mol. The number of anilines is 2. The molecule has 6 heteroatoms. The average molecular weight is 361 g/mol. The summed E-state index contributed by atoms with van der Waals surface area (Å²) >= 11 is 0. The summed E-state index contributed by atoms with van der Waals surface area (Å²) in [5.74, 6) is -0.119. The van der Waals surface area contributed by atoms with Gasteiger partial charge in [0.1, 0.15) is 11.6 Å². The molecule has 2 N–H and O–H groups in total. The molecule has 2 saturated heterocycles. The molecule has 0 saturated carbocycles. The lowest BCUT2D eigenvalue weighted by Gasteiger charge is -2.32. The number of nitrogens with zero attached hydrogens (tertiary/aromatic N) is 2. The lowest BCUT2D eigenvalue weighted by Crippen LogP contribution is -2.41. The average Bonchev–Trinajstić information content (AvgIpc) is 3.02. The van der Waals surface area contributed by atoms with Crippen molar-refractivity contribution in [3.05, 3.63) is 23.8 Å². The molecule has 0 aliphatic carbocycles.